The monoisotopic (exact) mass is 322 g/mol. The summed E-state index contributed by atoms with van der Waals surface area (Å²) in [6, 6.07) is 0. The first kappa shape index (κ1) is 18.6. The SMILES string of the molecule is CCCCCCC(C)C1N(C)N=C(C2CCCCCCC2)N1N. The molecule has 2 N–H and O–H groups in total. The number of hydrogen-bond acceptors (Lipinski definition) is 4. The number of amidine groups is 1. The molecule has 1 aliphatic carbocycles. The minimum atomic E-state index is 0.247. The lowest BCUT2D eigenvalue weighted by atomic mass is 9.90. The fraction of sp³-hybridized carbons (Fsp3) is 0.947. The first-order valence-corrected chi connectivity index (χ1v) is 10.0. The van der Waals surface area contributed by atoms with Crippen molar-refractivity contribution in [2.24, 2.45) is 22.8 Å². The van der Waals surface area contributed by atoms with Crippen LogP contribution in [0.25, 0.3) is 0 Å². The molecule has 0 aromatic carbocycles. The summed E-state index contributed by atoms with van der Waals surface area (Å²) in [7, 11) is 2.10. The van der Waals surface area contributed by atoms with E-state index >= 15 is 0 Å². The van der Waals surface area contributed by atoms with E-state index in [4.69, 9.17) is 10.9 Å². The van der Waals surface area contributed by atoms with Crippen molar-refractivity contribution in [2.45, 2.75) is 97.1 Å². The van der Waals surface area contributed by atoms with Crippen molar-refractivity contribution in [1.82, 2.24) is 10.0 Å². The normalized spacial score (nSPS) is 25.2. The van der Waals surface area contributed by atoms with Crippen LogP contribution in [0.1, 0.15) is 90.9 Å². The highest BCUT2D eigenvalue weighted by Crippen LogP contribution is 2.30. The lowest BCUT2D eigenvalue weighted by Crippen LogP contribution is -2.50. The molecule has 2 rings (SSSR count). The molecule has 0 amide bonds. The topological polar surface area (TPSA) is 44.9 Å². The van der Waals surface area contributed by atoms with Crippen LogP contribution in [0.4, 0.5) is 0 Å². The van der Waals surface area contributed by atoms with Gasteiger partial charge < -0.3 is 0 Å². The summed E-state index contributed by atoms with van der Waals surface area (Å²) < 4.78 is 0. The van der Waals surface area contributed by atoms with Gasteiger partial charge in [0.25, 0.3) is 0 Å². The lowest BCUT2D eigenvalue weighted by Gasteiger charge is -2.33. The third kappa shape index (κ3) is 5.10. The standard InChI is InChI=1S/C19H38N4/c1-4-5-6-10-13-16(2)19-22(3)21-18(23(19)20)17-14-11-8-7-9-12-15-17/h16-17,19H,4-15,20H2,1-3H3. The predicted octanol–water partition coefficient (Wildman–Crippen LogP) is 4.71. The van der Waals surface area contributed by atoms with Crippen LogP contribution in [-0.2, 0) is 0 Å². The minimum Gasteiger partial charge on any atom is -0.274 e. The van der Waals surface area contributed by atoms with Crippen molar-refractivity contribution in [3.05, 3.63) is 0 Å². The van der Waals surface area contributed by atoms with Gasteiger partial charge in [-0.25, -0.2) is 5.84 Å². The maximum Gasteiger partial charge on any atom is 0.144 e. The Labute approximate surface area is 143 Å². The van der Waals surface area contributed by atoms with Gasteiger partial charge in [-0.15, -0.1) is 0 Å². The first-order valence-electron chi connectivity index (χ1n) is 10.0. The zero-order valence-corrected chi connectivity index (χ0v) is 15.6. The largest absolute Gasteiger partial charge is 0.274 e. The van der Waals surface area contributed by atoms with Gasteiger partial charge in [-0.3, -0.25) is 10.0 Å². The molecule has 2 aliphatic rings. The quantitative estimate of drug-likeness (QED) is 0.545. The lowest BCUT2D eigenvalue weighted by molar-refractivity contribution is 0.0968. The molecular weight excluding hydrogens is 284 g/mol. The highest BCUT2D eigenvalue weighted by Gasteiger charge is 2.37. The summed E-state index contributed by atoms with van der Waals surface area (Å²) in [5.74, 6) is 8.82. The van der Waals surface area contributed by atoms with Crippen LogP contribution >= 0.6 is 0 Å². The molecule has 1 aliphatic heterocycles. The number of hydrazine groups is 1. The van der Waals surface area contributed by atoms with Crippen molar-refractivity contribution in [3.63, 3.8) is 0 Å². The molecule has 0 radical (unpaired) electrons. The average Bonchev–Trinajstić information content (AvgIpc) is 2.78. The van der Waals surface area contributed by atoms with Crippen LogP contribution < -0.4 is 5.84 Å². The number of hydrazone groups is 1. The zero-order valence-electron chi connectivity index (χ0n) is 15.6. The summed E-state index contributed by atoms with van der Waals surface area (Å²) in [6.07, 6.45) is 16.1. The Morgan fingerprint density at radius 1 is 1.09 bits per heavy atom. The minimum absolute atomic E-state index is 0.247. The van der Waals surface area contributed by atoms with Gasteiger partial charge in [-0.1, -0.05) is 71.6 Å². The van der Waals surface area contributed by atoms with E-state index in [1.54, 1.807) is 0 Å². The van der Waals surface area contributed by atoms with Crippen molar-refractivity contribution in [3.8, 4) is 0 Å². The van der Waals surface area contributed by atoms with E-state index in [9.17, 15) is 0 Å². The van der Waals surface area contributed by atoms with Gasteiger partial charge in [0.05, 0.1) is 0 Å². The van der Waals surface area contributed by atoms with Gasteiger partial charge in [-0.2, -0.15) is 5.10 Å². The Morgan fingerprint density at radius 2 is 1.74 bits per heavy atom. The molecule has 23 heavy (non-hydrogen) atoms. The van der Waals surface area contributed by atoms with Gasteiger partial charge >= 0.3 is 0 Å². The molecule has 4 heteroatoms. The molecule has 1 saturated carbocycles. The molecular formula is C19H38N4. The van der Waals surface area contributed by atoms with Crippen LogP contribution in [-0.4, -0.2) is 29.1 Å². The second-order valence-electron chi connectivity index (χ2n) is 7.72. The van der Waals surface area contributed by atoms with Gasteiger partial charge in [-0.05, 0) is 25.2 Å². The number of nitrogens with zero attached hydrogens (tertiary/aromatic N) is 3. The summed E-state index contributed by atoms with van der Waals surface area (Å²) >= 11 is 0. The maximum absolute atomic E-state index is 6.53. The fourth-order valence-corrected chi connectivity index (χ4v) is 4.28. The predicted molar refractivity (Wildman–Crippen MR) is 98.7 cm³/mol. The van der Waals surface area contributed by atoms with Gasteiger partial charge in [0.2, 0.25) is 0 Å². The van der Waals surface area contributed by atoms with E-state index in [0.29, 0.717) is 11.8 Å². The fourth-order valence-electron chi connectivity index (χ4n) is 4.28. The molecule has 1 fully saturated rings. The molecule has 2 atom stereocenters. The third-order valence-electron chi connectivity index (χ3n) is 5.68. The smallest absolute Gasteiger partial charge is 0.144 e. The molecule has 2 unspecified atom stereocenters. The number of unbranched alkanes of at least 4 members (excludes halogenated alkanes) is 3. The molecule has 0 saturated heterocycles. The van der Waals surface area contributed by atoms with E-state index in [1.807, 2.05) is 5.01 Å². The molecule has 1 heterocycles. The Kier molecular flexibility index (Phi) is 7.68. The average molecular weight is 323 g/mol. The first-order chi connectivity index (χ1) is 11.1. The Bertz CT molecular complexity index is 360. The van der Waals surface area contributed by atoms with Crippen LogP contribution in [0.2, 0.25) is 0 Å². The molecule has 0 aromatic rings. The van der Waals surface area contributed by atoms with Crippen LogP contribution in [0.3, 0.4) is 0 Å². The van der Waals surface area contributed by atoms with E-state index in [2.05, 4.69) is 25.9 Å². The van der Waals surface area contributed by atoms with E-state index in [1.165, 1.54) is 77.0 Å². The van der Waals surface area contributed by atoms with Crippen molar-refractivity contribution >= 4 is 5.84 Å². The van der Waals surface area contributed by atoms with Gasteiger partial charge in [0.15, 0.2) is 0 Å². The van der Waals surface area contributed by atoms with Crippen molar-refractivity contribution in [2.75, 3.05) is 7.05 Å². The van der Waals surface area contributed by atoms with Gasteiger partial charge in [0, 0.05) is 13.0 Å². The summed E-state index contributed by atoms with van der Waals surface area (Å²) in [6.45, 7) is 4.61. The Morgan fingerprint density at radius 3 is 2.39 bits per heavy atom. The number of hydrogen-bond donors (Lipinski definition) is 1. The second-order valence-corrected chi connectivity index (χ2v) is 7.72. The number of nitrogens with two attached hydrogens (primary N) is 1. The molecule has 0 bridgehead atoms. The maximum atomic E-state index is 6.53. The summed E-state index contributed by atoms with van der Waals surface area (Å²) in [5.41, 5.74) is 0. The summed E-state index contributed by atoms with van der Waals surface area (Å²) in [5, 5.41) is 9.00. The van der Waals surface area contributed by atoms with Gasteiger partial charge in [0.1, 0.15) is 12.0 Å². The number of rotatable bonds is 7. The van der Waals surface area contributed by atoms with Crippen molar-refractivity contribution in [1.29, 1.82) is 0 Å². The molecule has 0 aromatic heterocycles. The van der Waals surface area contributed by atoms with Crippen LogP contribution in [0.5, 0.6) is 0 Å². The van der Waals surface area contributed by atoms with Crippen molar-refractivity contribution < 1.29 is 0 Å². The van der Waals surface area contributed by atoms with E-state index < -0.39 is 0 Å². The highest BCUT2D eigenvalue weighted by atomic mass is 15.7. The Hall–Kier alpha value is -0.770. The highest BCUT2D eigenvalue weighted by molar-refractivity contribution is 5.85. The van der Waals surface area contributed by atoms with Crippen LogP contribution in [0.15, 0.2) is 5.10 Å². The molecule has 0 spiro atoms. The van der Waals surface area contributed by atoms with E-state index in [0.717, 1.165) is 5.84 Å². The molecule has 4 nitrogen and oxygen atoms in total. The third-order valence-corrected chi connectivity index (χ3v) is 5.68. The second kappa shape index (κ2) is 9.51. The van der Waals surface area contributed by atoms with E-state index in [-0.39, 0.29) is 6.17 Å². The Balaban J connectivity index is 1.89. The summed E-state index contributed by atoms with van der Waals surface area (Å²) in [4.78, 5) is 0. The van der Waals surface area contributed by atoms with Crippen LogP contribution in [0, 0.1) is 11.8 Å². The zero-order chi connectivity index (χ0) is 16.7. The molecule has 134 valence electrons.